The minimum absolute atomic E-state index is 0.0744. The highest BCUT2D eigenvalue weighted by Crippen LogP contribution is 2.20. The minimum Gasteiger partial charge on any atom is -0.497 e. The van der Waals surface area contributed by atoms with Crippen LogP contribution in [-0.4, -0.2) is 24.5 Å². The van der Waals surface area contributed by atoms with Crippen molar-refractivity contribution in [2.24, 2.45) is 4.99 Å². The van der Waals surface area contributed by atoms with Crippen LogP contribution < -0.4 is 4.74 Å². The summed E-state index contributed by atoms with van der Waals surface area (Å²) in [4.78, 5) is 27.2. The predicted octanol–water partition coefficient (Wildman–Crippen LogP) is 3.10. The van der Waals surface area contributed by atoms with Crippen molar-refractivity contribution < 1.29 is 14.3 Å². The molecular weight excluding hydrogens is 301 g/mol. The van der Waals surface area contributed by atoms with Crippen LogP contribution in [0.15, 0.2) is 51.5 Å². The van der Waals surface area contributed by atoms with Gasteiger partial charge in [0.2, 0.25) is 5.78 Å². The molecule has 6 heteroatoms. The summed E-state index contributed by atoms with van der Waals surface area (Å²) in [5.41, 5.74) is 0.593. The van der Waals surface area contributed by atoms with Crippen molar-refractivity contribution >= 4 is 40.6 Å². The Morgan fingerprint density at radius 2 is 1.85 bits per heavy atom. The van der Waals surface area contributed by atoms with Crippen LogP contribution >= 0.6 is 23.2 Å². The average Bonchev–Trinajstić information content (AvgIpc) is 2.44. The highest BCUT2D eigenvalue weighted by molar-refractivity contribution is 6.57. The summed E-state index contributed by atoms with van der Waals surface area (Å²) in [5, 5.41) is -0.149. The molecule has 1 aliphatic carbocycles. The molecule has 1 amide bonds. The first-order valence-electron chi connectivity index (χ1n) is 5.57. The molecule has 1 aromatic rings. The number of nitrogens with zero attached hydrogens (tertiary/aromatic N) is 1. The maximum atomic E-state index is 12.0. The number of aliphatic imine (C=N–C) groups is 1. The van der Waals surface area contributed by atoms with Crippen molar-refractivity contribution in [3.8, 4) is 5.75 Å². The van der Waals surface area contributed by atoms with Gasteiger partial charge in [0.05, 0.1) is 22.9 Å². The number of halogens is 2. The van der Waals surface area contributed by atoms with Gasteiger partial charge >= 0.3 is 0 Å². The number of hydrogen-bond acceptors (Lipinski definition) is 3. The second-order valence-corrected chi connectivity index (χ2v) is 4.70. The highest BCUT2D eigenvalue weighted by atomic mass is 35.5. The summed E-state index contributed by atoms with van der Waals surface area (Å²) in [7, 11) is 1.51. The summed E-state index contributed by atoms with van der Waals surface area (Å²) < 4.78 is 5.03. The molecule has 0 saturated carbocycles. The number of hydrogen-bond donors (Lipinski definition) is 0. The van der Waals surface area contributed by atoms with E-state index < -0.39 is 11.7 Å². The van der Waals surface area contributed by atoms with E-state index in [0.717, 1.165) is 0 Å². The van der Waals surface area contributed by atoms with Crippen molar-refractivity contribution in [3.05, 3.63) is 52.0 Å². The Balaban J connectivity index is 2.31. The Labute approximate surface area is 125 Å². The van der Waals surface area contributed by atoms with E-state index in [1.165, 1.54) is 19.3 Å². The van der Waals surface area contributed by atoms with Gasteiger partial charge in [-0.25, -0.2) is 4.99 Å². The third-order valence-corrected chi connectivity index (χ3v) is 3.09. The van der Waals surface area contributed by atoms with Gasteiger partial charge in [0.15, 0.2) is 0 Å². The monoisotopic (exact) mass is 309 g/mol. The molecule has 1 aromatic carbocycles. The fourth-order valence-corrected chi connectivity index (χ4v) is 2.02. The zero-order chi connectivity index (χ0) is 14.7. The second kappa shape index (κ2) is 6.03. The normalized spacial score (nSPS) is 14.6. The van der Waals surface area contributed by atoms with Crippen molar-refractivity contribution in [3.63, 3.8) is 0 Å². The van der Waals surface area contributed by atoms with Crippen LogP contribution in [-0.2, 0) is 4.79 Å². The lowest BCUT2D eigenvalue weighted by atomic mass is 10.1. The third-order valence-electron chi connectivity index (χ3n) is 2.53. The largest absolute Gasteiger partial charge is 0.497 e. The van der Waals surface area contributed by atoms with Crippen molar-refractivity contribution in [2.75, 3.05) is 7.11 Å². The number of ether oxygens (including phenoxy) is 1. The number of amides is 1. The Bertz CT molecular complexity index is 651. The molecular formula is C14H9Cl2NO3. The number of Topliss-reactive ketones (excluding diaryl/α,β-unsaturated/α-hetero) is 1. The fraction of sp³-hybridized carbons (Fsp3) is 0.0714. The molecule has 20 heavy (non-hydrogen) atoms. The van der Waals surface area contributed by atoms with Crippen molar-refractivity contribution in [1.29, 1.82) is 0 Å². The van der Waals surface area contributed by atoms with Gasteiger partial charge in [0.25, 0.3) is 5.91 Å². The fourth-order valence-electron chi connectivity index (χ4n) is 1.55. The molecule has 0 saturated heterocycles. The smallest absolute Gasteiger partial charge is 0.277 e. The Kier molecular flexibility index (Phi) is 4.37. The van der Waals surface area contributed by atoms with E-state index in [1.54, 1.807) is 24.3 Å². The Morgan fingerprint density at radius 1 is 1.20 bits per heavy atom. The molecule has 0 bridgehead atoms. The predicted molar refractivity (Wildman–Crippen MR) is 77.6 cm³/mol. The van der Waals surface area contributed by atoms with Gasteiger partial charge in [-0.2, -0.15) is 0 Å². The number of carbonyl (C=O) groups excluding carboxylic acids is 2. The molecule has 0 N–H and O–H groups in total. The maximum absolute atomic E-state index is 12.0. The molecule has 4 nitrogen and oxygen atoms in total. The van der Waals surface area contributed by atoms with Crippen LogP contribution in [0.5, 0.6) is 5.75 Å². The number of methoxy groups -OCH3 is 1. The molecule has 0 spiro atoms. The third kappa shape index (κ3) is 3.15. The highest BCUT2D eigenvalue weighted by Gasteiger charge is 2.18. The first kappa shape index (κ1) is 14.5. The van der Waals surface area contributed by atoms with Crippen LogP contribution in [0.2, 0.25) is 0 Å². The summed E-state index contributed by atoms with van der Waals surface area (Å²) in [5.74, 6) is -0.409. The molecule has 102 valence electrons. The van der Waals surface area contributed by atoms with E-state index in [0.29, 0.717) is 11.3 Å². The molecule has 0 radical (unpaired) electrons. The molecule has 2 rings (SSSR count). The Morgan fingerprint density at radius 3 is 2.45 bits per heavy atom. The van der Waals surface area contributed by atoms with E-state index in [2.05, 4.69) is 4.99 Å². The van der Waals surface area contributed by atoms with E-state index in [4.69, 9.17) is 27.9 Å². The number of carbonyl (C=O) groups is 2. The number of benzene rings is 1. The summed E-state index contributed by atoms with van der Waals surface area (Å²) in [6, 6.07) is 6.58. The topological polar surface area (TPSA) is 55.7 Å². The zero-order valence-electron chi connectivity index (χ0n) is 10.4. The molecule has 0 fully saturated rings. The average molecular weight is 310 g/mol. The van der Waals surface area contributed by atoms with Crippen LogP contribution in [0.1, 0.15) is 10.4 Å². The van der Waals surface area contributed by atoms with Crippen LogP contribution in [0.3, 0.4) is 0 Å². The quantitative estimate of drug-likeness (QED) is 0.789. The van der Waals surface area contributed by atoms with E-state index in [1.807, 2.05) is 0 Å². The van der Waals surface area contributed by atoms with Gasteiger partial charge in [0, 0.05) is 5.56 Å². The summed E-state index contributed by atoms with van der Waals surface area (Å²) in [6.45, 7) is 0. The number of ketones is 1. The Hall–Kier alpha value is -1.91. The number of allylic oxidation sites excluding steroid dienone is 4. The SMILES string of the molecule is COc1cccc(C(=O)N=C2C=C(Cl)C(=O)C(Cl)=C2)c1. The van der Waals surface area contributed by atoms with E-state index >= 15 is 0 Å². The van der Waals surface area contributed by atoms with Gasteiger partial charge in [-0.15, -0.1) is 0 Å². The lowest BCUT2D eigenvalue weighted by Crippen LogP contribution is -2.09. The van der Waals surface area contributed by atoms with Crippen LogP contribution in [0.4, 0.5) is 0 Å². The lowest BCUT2D eigenvalue weighted by molar-refractivity contribution is -0.111. The molecule has 0 aliphatic heterocycles. The first-order valence-corrected chi connectivity index (χ1v) is 6.33. The number of rotatable bonds is 2. The maximum Gasteiger partial charge on any atom is 0.277 e. The van der Waals surface area contributed by atoms with E-state index in [9.17, 15) is 9.59 Å². The molecule has 0 heterocycles. The van der Waals surface area contributed by atoms with Gasteiger partial charge < -0.3 is 4.74 Å². The van der Waals surface area contributed by atoms with Crippen molar-refractivity contribution in [1.82, 2.24) is 0 Å². The van der Waals surface area contributed by atoms with Crippen LogP contribution in [0, 0.1) is 0 Å². The van der Waals surface area contributed by atoms with Crippen molar-refractivity contribution in [2.45, 2.75) is 0 Å². The molecule has 0 atom stereocenters. The standard InChI is InChI=1S/C14H9Cl2NO3/c1-20-10-4-2-3-8(5-10)14(19)17-9-6-11(15)13(18)12(16)7-9/h2-7H,1H3. The first-order chi connectivity index (χ1) is 9.51. The molecule has 0 unspecified atom stereocenters. The van der Waals surface area contributed by atoms with Gasteiger partial charge in [-0.05, 0) is 30.4 Å². The molecule has 1 aliphatic rings. The second-order valence-electron chi connectivity index (χ2n) is 3.89. The van der Waals surface area contributed by atoms with Gasteiger partial charge in [-0.3, -0.25) is 9.59 Å². The van der Waals surface area contributed by atoms with Gasteiger partial charge in [0.1, 0.15) is 5.75 Å². The van der Waals surface area contributed by atoms with Gasteiger partial charge in [-0.1, -0.05) is 29.3 Å². The lowest BCUT2D eigenvalue weighted by Gasteiger charge is -2.05. The molecule has 0 aromatic heterocycles. The van der Waals surface area contributed by atoms with Crippen LogP contribution in [0.25, 0.3) is 0 Å². The van der Waals surface area contributed by atoms with E-state index in [-0.39, 0.29) is 15.8 Å². The minimum atomic E-state index is -0.485. The zero-order valence-corrected chi connectivity index (χ0v) is 11.9. The summed E-state index contributed by atoms with van der Waals surface area (Å²) in [6.07, 6.45) is 2.60. The summed E-state index contributed by atoms with van der Waals surface area (Å²) >= 11 is 11.4.